The van der Waals surface area contributed by atoms with Crippen LogP contribution < -0.4 is 10.0 Å². The Kier molecular flexibility index (Phi) is 4.64. The second-order valence-corrected chi connectivity index (χ2v) is 7.45. The number of hydrogen-bond donors (Lipinski definition) is 2. The quantitative estimate of drug-likeness (QED) is 0.843. The Labute approximate surface area is 139 Å². The second-order valence-electron chi connectivity index (χ2n) is 5.72. The number of nitrogens with one attached hydrogen (secondary N) is 2. The van der Waals surface area contributed by atoms with Gasteiger partial charge in [-0.25, -0.2) is 17.5 Å². The van der Waals surface area contributed by atoms with E-state index in [0.29, 0.717) is 11.3 Å². The second kappa shape index (κ2) is 6.70. The molecule has 0 saturated heterocycles. The van der Waals surface area contributed by atoms with Crippen LogP contribution in [-0.2, 0) is 21.4 Å². The summed E-state index contributed by atoms with van der Waals surface area (Å²) in [5.41, 5.74) is 1.38. The standard InChI is InChI=1S/C17H17FN2O3S/c18-15-3-1-2-4-16(15)24(22,23)19-11-12-5-9-14(10-6-12)20-17(21)13-7-8-13/h1-6,9-10,13,19H,7-8,11H2,(H,20,21). The van der Waals surface area contributed by atoms with E-state index in [4.69, 9.17) is 0 Å². The van der Waals surface area contributed by atoms with Crippen LogP contribution in [0.25, 0.3) is 0 Å². The highest BCUT2D eigenvalue weighted by atomic mass is 32.2. The molecule has 1 aliphatic carbocycles. The minimum atomic E-state index is -3.92. The number of hydrogen-bond acceptors (Lipinski definition) is 3. The van der Waals surface area contributed by atoms with Gasteiger partial charge in [0.25, 0.3) is 0 Å². The fourth-order valence-corrected chi connectivity index (χ4v) is 3.31. The average molecular weight is 348 g/mol. The number of sulfonamides is 1. The molecule has 2 N–H and O–H groups in total. The molecule has 0 aromatic heterocycles. The molecule has 126 valence electrons. The van der Waals surface area contributed by atoms with Gasteiger partial charge < -0.3 is 5.32 Å². The van der Waals surface area contributed by atoms with E-state index >= 15 is 0 Å². The Morgan fingerprint density at radius 1 is 1.08 bits per heavy atom. The fraction of sp³-hybridized carbons (Fsp3) is 0.235. The lowest BCUT2D eigenvalue weighted by Crippen LogP contribution is -2.24. The van der Waals surface area contributed by atoms with Crippen LogP contribution in [0, 0.1) is 11.7 Å². The minimum absolute atomic E-state index is 0.0167. The summed E-state index contributed by atoms with van der Waals surface area (Å²) in [6.45, 7) is 0.0352. The zero-order valence-electron chi connectivity index (χ0n) is 12.8. The van der Waals surface area contributed by atoms with Crippen LogP contribution >= 0.6 is 0 Å². The van der Waals surface area contributed by atoms with Crippen LogP contribution in [0.3, 0.4) is 0 Å². The van der Waals surface area contributed by atoms with Gasteiger partial charge in [0.05, 0.1) is 0 Å². The molecule has 1 amide bonds. The maximum absolute atomic E-state index is 13.6. The number of carbonyl (C=O) groups is 1. The zero-order chi connectivity index (χ0) is 17.2. The maximum Gasteiger partial charge on any atom is 0.243 e. The van der Waals surface area contributed by atoms with Crippen LogP contribution in [0.5, 0.6) is 0 Å². The number of benzene rings is 2. The van der Waals surface area contributed by atoms with Gasteiger partial charge in [-0.05, 0) is 42.7 Å². The fourth-order valence-electron chi connectivity index (χ4n) is 2.21. The van der Waals surface area contributed by atoms with Crippen LogP contribution in [0.1, 0.15) is 18.4 Å². The van der Waals surface area contributed by atoms with Crippen LogP contribution in [0.15, 0.2) is 53.4 Å². The number of carbonyl (C=O) groups excluding carboxylic acids is 1. The number of anilines is 1. The van der Waals surface area contributed by atoms with Crippen LogP contribution in [0.4, 0.5) is 10.1 Å². The Morgan fingerprint density at radius 3 is 2.38 bits per heavy atom. The largest absolute Gasteiger partial charge is 0.326 e. The third kappa shape index (κ3) is 3.98. The Morgan fingerprint density at radius 2 is 1.75 bits per heavy atom. The van der Waals surface area contributed by atoms with Crippen molar-refractivity contribution in [2.24, 2.45) is 5.92 Å². The zero-order valence-corrected chi connectivity index (χ0v) is 13.6. The highest BCUT2D eigenvalue weighted by molar-refractivity contribution is 7.89. The first-order valence-corrected chi connectivity index (χ1v) is 9.08. The Bertz CT molecular complexity index is 846. The van der Waals surface area contributed by atoms with E-state index in [9.17, 15) is 17.6 Å². The van der Waals surface area contributed by atoms with Crippen molar-refractivity contribution in [3.05, 3.63) is 59.9 Å². The molecule has 5 nitrogen and oxygen atoms in total. The third-order valence-corrected chi connectivity index (χ3v) is 5.20. The molecular weight excluding hydrogens is 331 g/mol. The lowest BCUT2D eigenvalue weighted by Gasteiger charge is -2.09. The van der Waals surface area contributed by atoms with Crippen LogP contribution in [-0.4, -0.2) is 14.3 Å². The molecular formula is C17H17FN2O3S. The lowest BCUT2D eigenvalue weighted by molar-refractivity contribution is -0.117. The van der Waals surface area contributed by atoms with Crippen molar-refractivity contribution in [2.45, 2.75) is 24.3 Å². The number of amides is 1. The van der Waals surface area contributed by atoms with E-state index in [-0.39, 0.29) is 23.3 Å². The molecule has 0 atom stereocenters. The molecule has 0 radical (unpaired) electrons. The molecule has 2 aromatic carbocycles. The van der Waals surface area contributed by atoms with E-state index in [1.807, 2.05) is 0 Å². The van der Waals surface area contributed by atoms with E-state index in [0.717, 1.165) is 18.9 Å². The molecule has 0 bridgehead atoms. The Hall–Kier alpha value is -2.25. The van der Waals surface area contributed by atoms with Gasteiger partial charge in [-0.2, -0.15) is 0 Å². The normalized spacial score (nSPS) is 14.4. The summed E-state index contributed by atoms with van der Waals surface area (Å²) in [6.07, 6.45) is 1.86. The topological polar surface area (TPSA) is 75.3 Å². The van der Waals surface area contributed by atoms with E-state index in [1.54, 1.807) is 24.3 Å². The van der Waals surface area contributed by atoms with Crippen molar-refractivity contribution in [2.75, 3.05) is 5.32 Å². The van der Waals surface area contributed by atoms with Crippen LogP contribution in [0.2, 0.25) is 0 Å². The van der Waals surface area contributed by atoms with Gasteiger partial charge >= 0.3 is 0 Å². The molecule has 0 aliphatic heterocycles. The first-order chi connectivity index (χ1) is 11.5. The summed E-state index contributed by atoms with van der Waals surface area (Å²) in [5, 5.41) is 2.81. The molecule has 0 spiro atoms. The molecule has 0 unspecified atom stereocenters. The highest BCUT2D eigenvalue weighted by Gasteiger charge is 2.29. The lowest BCUT2D eigenvalue weighted by atomic mass is 10.2. The molecule has 1 fully saturated rings. The van der Waals surface area contributed by atoms with E-state index in [1.165, 1.54) is 18.2 Å². The molecule has 0 heterocycles. The van der Waals surface area contributed by atoms with Gasteiger partial charge in [0.15, 0.2) is 0 Å². The summed E-state index contributed by atoms with van der Waals surface area (Å²) in [4.78, 5) is 11.3. The third-order valence-electron chi connectivity index (χ3n) is 3.76. The molecule has 2 aromatic rings. The predicted molar refractivity (Wildman–Crippen MR) is 88.2 cm³/mol. The van der Waals surface area contributed by atoms with Crippen molar-refractivity contribution in [3.8, 4) is 0 Å². The van der Waals surface area contributed by atoms with E-state index < -0.39 is 15.8 Å². The molecule has 3 rings (SSSR count). The van der Waals surface area contributed by atoms with Crippen molar-refractivity contribution in [1.29, 1.82) is 0 Å². The van der Waals surface area contributed by atoms with Crippen molar-refractivity contribution in [1.82, 2.24) is 4.72 Å². The predicted octanol–water partition coefficient (Wildman–Crippen LogP) is 2.65. The SMILES string of the molecule is O=C(Nc1ccc(CNS(=O)(=O)c2ccccc2F)cc1)C1CC1. The monoisotopic (exact) mass is 348 g/mol. The van der Waals surface area contributed by atoms with E-state index in [2.05, 4.69) is 10.0 Å². The minimum Gasteiger partial charge on any atom is -0.326 e. The van der Waals surface area contributed by atoms with Gasteiger partial charge in [0, 0.05) is 18.2 Å². The summed E-state index contributed by atoms with van der Waals surface area (Å²) in [6, 6.07) is 12.1. The molecule has 7 heteroatoms. The van der Waals surface area contributed by atoms with Gasteiger partial charge in [0.1, 0.15) is 10.7 Å². The summed E-state index contributed by atoms with van der Waals surface area (Å²) in [7, 11) is -3.92. The first kappa shape index (κ1) is 16.6. The molecule has 1 aliphatic rings. The number of rotatable bonds is 6. The summed E-state index contributed by atoms with van der Waals surface area (Å²) in [5.74, 6) is -0.650. The first-order valence-electron chi connectivity index (χ1n) is 7.60. The van der Waals surface area contributed by atoms with Gasteiger partial charge in [0.2, 0.25) is 15.9 Å². The summed E-state index contributed by atoms with van der Waals surface area (Å²) >= 11 is 0. The maximum atomic E-state index is 13.6. The Balaban J connectivity index is 1.62. The van der Waals surface area contributed by atoms with Crippen molar-refractivity contribution in [3.63, 3.8) is 0 Å². The van der Waals surface area contributed by atoms with Gasteiger partial charge in [-0.15, -0.1) is 0 Å². The van der Waals surface area contributed by atoms with Gasteiger partial charge in [-0.1, -0.05) is 24.3 Å². The average Bonchev–Trinajstić information content (AvgIpc) is 3.39. The molecule has 1 saturated carbocycles. The smallest absolute Gasteiger partial charge is 0.243 e. The summed E-state index contributed by atoms with van der Waals surface area (Å²) < 4.78 is 40.2. The highest BCUT2D eigenvalue weighted by Crippen LogP contribution is 2.30. The van der Waals surface area contributed by atoms with Gasteiger partial charge in [-0.3, -0.25) is 4.79 Å². The number of halogens is 1. The van der Waals surface area contributed by atoms with Crippen molar-refractivity contribution < 1.29 is 17.6 Å². The molecule has 24 heavy (non-hydrogen) atoms. The van der Waals surface area contributed by atoms with Crippen molar-refractivity contribution >= 4 is 21.6 Å².